The van der Waals surface area contributed by atoms with Crippen molar-refractivity contribution in [2.45, 2.75) is 18.8 Å². The number of carbonyl (C=O) groups excluding carboxylic acids is 1. The number of aromatic amines is 1. The van der Waals surface area contributed by atoms with E-state index in [2.05, 4.69) is 21.0 Å². The van der Waals surface area contributed by atoms with E-state index >= 15 is 0 Å². The molecule has 0 atom stereocenters. The number of amides is 1. The molecule has 0 spiro atoms. The van der Waals surface area contributed by atoms with Crippen LogP contribution in [-0.4, -0.2) is 43.8 Å². The number of nitrogens with one attached hydrogen (secondary N) is 1. The van der Waals surface area contributed by atoms with E-state index in [1.165, 1.54) is 16.0 Å². The zero-order valence-electron chi connectivity index (χ0n) is 17.5. The zero-order chi connectivity index (χ0) is 22.4. The fourth-order valence-electron chi connectivity index (χ4n) is 4.26. The molecule has 164 valence electrons. The van der Waals surface area contributed by atoms with Crippen molar-refractivity contribution < 1.29 is 4.79 Å². The summed E-state index contributed by atoms with van der Waals surface area (Å²) in [4.78, 5) is 43.8. The van der Waals surface area contributed by atoms with E-state index in [0.29, 0.717) is 46.3 Å². The van der Waals surface area contributed by atoms with Crippen molar-refractivity contribution in [1.29, 1.82) is 0 Å². The first-order chi connectivity index (χ1) is 16.2. The summed E-state index contributed by atoms with van der Waals surface area (Å²) in [6.07, 6.45) is 3.38. The van der Waals surface area contributed by atoms with Gasteiger partial charge in [0.05, 0.1) is 20.7 Å². The highest BCUT2D eigenvalue weighted by molar-refractivity contribution is 7.18. The van der Waals surface area contributed by atoms with E-state index < -0.39 is 0 Å². The van der Waals surface area contributed by atoms with Crippen molar-refractivity contribution in [3.05, 3.63) is 75.0 Å². The third-order valence-electron chi connectivity index (χ3n) is 6.01. The summed E-state index contributed by atoms with van der Waals surface area (Å²) < 4.78 is 1.80. The Morgan fingerprint density at radius 1 is 1.06 bits per heavy atom. The smallest absolute Gasteiger partial charge is 0.269 e. The van der Waals surface area contributed by atoms with Crippen molar-refractivity contribution in [3.63, 3.8) is 0 Å². The van der Waals surface area contributed by atoms with Crippen LogP contribution in [0.5, 0.6) is 0 Å². The quantitative estimate of drug-likeness (QED) is 0.411. The maximum atomic E-state index is 13.2. The second kappa shape index (κ2) is 8.17. The van der Waals surface area contributed by atoms with Crippen LogP contribution >= 0.6 is 22.7 Å². The number of aromatic nitrogens is 4. The molecule has 0 unspecified atom stereocenters. The molecule has 7 nitrogen and oxygen atoms in total. The van der Waals surface area contributed by atoms with Crippen molar-refractivity contribution in [3.8, 4) is 11.5 Å². The Morgan fingerprint density at radius 2 is 1.91 bits per heavy atom. The summed E-state index contributed by atoms with van der Waals surface area (Å²) >= 11 is 3.11. The molecule has 9 heteroatoms. The number of hydrogen-bond donors (Lipinski definition) is 1. The molecule has 1 N–H and O–H groups in total. The van der Waals surface area contributed by atoms with Crippen molar-refractivity contribution in [2.75, 3.05) is 13.1 Å². The molecular formula is C24H19N5O2S2. The summed E-state index contributed by atoms with van der Waals surface area (Å²) in [7, 11) is 0. The second-order valence-corrected chi connectivity index (χ2v) is 10.0. The van der Waals surface area contributed by atoms with Gasteiger partial charge in [0.2, 0.25) is 0 Å². The zero-order valence-corrected chi connectivity index (χ0v) is 19.2. The topological polar surface area (TPSA) is 91.8 Å². The normalized spacial score (nSPS) is 14.8. The summed E-state index contributed by atoms with van der Waals surface area (Å²) in [6.45, 7) is 1.38. The van der Waals surface area contributed by atoms with Crippen LogP contribution in [-0.2, 0) is 0 Å². The third-order valence-corrected chi connectivity index (χ3v) is 8.11. The number of H-pyrrole nitrogens is 1. The Balaban J connectivity index is 1.20. The molecule has 1 amide bonds. The van der Waals surface area contributed by atoms with E-state index in [9.17, 15) is 9.59 Å². The largest absolute Gasteiger partial charge is 0.339 e. The standard InChI is InChI=1S/C24H19N5O2S2/c30-22-20-17(8-12-32-20)26-21(28-22)18-13-15(5-9-25-18)24(31)29-10-6-14(7-11-29)23-27-16-3-1-2-4-19(16)33-23/h1-5,8-9,12-14H,6-7,10-11H2,(H,26,28,30). The lowest BCUT2D eigenvalue weighted by Gasteiger charge is -2.31. The average Bonchev–Trinajstić information content (AvgIpc) is 3.51. The number of nitrogens with zero attached hydrogens (tertiary/aromatic N) is 4. The summed E-state index contributed by atoms with van der Waals surface area (Å²) in [5.74, 6) is 0.724. The van der Waals surface area contributed by atoms with Gasteiger partial charge in [-0.3, -0.25) is 14.6 Å². The van der Waals surface area contributed by atoms with Gasteiger partial charge >= 0.3 is 0 Å². The molecule has 1 fully saturated rings. The van der Waals surface area contributed by atoms with Crippen LogP contribution in [0.25, 0.3) is 32.0 Å². The number of benzene rings is 1. The highest BCUT2D eigenvalue weighted by Crippen LogP contribution is 2.34. The first kappa shape index (κ1) is 20.2. The third kappa shape index (κ3) is 3.73. The molecule has 33 heavy (non-hydrogen) atoms. The van der Waals surface area contributed by atoms with Crippen LogP contribution in [0.2, 0.25) is 0 Å². The van der Waals surface area contributed by atoms with Gasteiger partial charge in [0.1, 0.15) is 10.4 Å². The first-order valence-corrected chi connectivity index (χ1v) is 12.4. The molecule has 1 saturated heterocycles. The van der Waals surface area contributed by atoms with Crippen LogP contribution in [0.4, 0.5) is 0 Å². The molecule has 0 saturated carbocycles. The van der Waals surface area contributed by atoms with Crippen LogP contribution in [0, 0.1) is 0 Å². The van der Waals surface area contributed by atoms with Gasteiger partial charge in [-0.1, -0.05) is 12.1 Å². The number of rotatable bonds is 3. The Labute approximate surface area is 196 Å². The van der Waals surface area contributed by atoms with Gasteiger partial charge in [-0.2, -0.15) is 0 Å². The molecule has 1 aliphatic heterocycles. The van der Waals surface area contributed by atoms with Crippen LogP contribution < -0.4 is 5.56 Å². The van der Waals surface area contributed by atoms with Gasteiger partial charge in [0.25, 0.3) is 11.5 Å². The second-order valence-electron chi connectivity index (χ2n) is 8.07. The van der Waals surface area contributed by atoms with E-state index in [4.69, 9.17) is 4.98 Å². The molecule has 5 aromatic rings. The summed E-state index contributed by atoms with van der Waals surface area (Å²) in [6, 6.07) is 13.4. The summed E-state index contributed by atoms with van der Waals surface area (Å²) in [5, 5.41) is 3.00. The first-order valence-electron chi connectivity index (χ1n) is 10.7. The lowest BCUT2D eigenvalue weighted by atomic mass is 9.97. The molecule has 5 heterocycles. The molecule has 0 radical (unpaired) electrons. The fourth-order valence-corrected chi connectivity index (χ4v) is 6.13. The predicted octanol–water partition coefficient (Wildman–Crippen LogP) is 4.68. The Kier molecular flexibility index (Phi) is 5.00. The van der Waals surface area contributed by atoms with Crippen molar-refractivity contribution in [2.24, 2.45) is 0 Å². The lowest BCUT2D eigenvalue weighted by Crippen LogP contribution is -2.37. The van der Waals surface area contributed by atoms with Gasteiger partial charge in [0, 0.05) is 30.8 Å². The average molecular weight is 474 g/mol. The number of para-hydroxylation sites is 1. The van der Waals surface area contributed by atoms with Crippen LogP contribution in [0.1, 0.15) is 34.1 Å². The minimum atomic E-state index is -0.194. The van der Waals surface area contributed by atoms with Gasteiger partial charge in [-0.15, -0.1) is 22.7 Å². The van der Waals surface area contributed by atoms with Gasteiger partial charge < -0.3 is 9.88 Å². The highest BCUT2D eigenvalue weighted by Gasteiger charge is 2.27. The molecule has 4 aromatic heterocycles. The van der Waals surface area contributed by atoms with Crippen molar-refractivity contribution >= 4 is 49.0 Å². The molecule has 1 aromatic carbocycles. The van der Waals surface area contributed by atoms with Gasteiger partial charge in [-0.25, -0.2) is 9.97 Å². The molecule has 1 aliphatic rings. The predicted molar refractivity (Wildman–Crippen MR) is 131 cm³/mol. The molecule has 0 aliphatic carbocycles. The Morgan fingerprint density at radius 3 is 2.76 bits per heavy atom. The number of fused-ring (bicyclic) bond motifs is 2. The van der Waals surface area contributed by atoms with Crippen molar-refractivity contribution in [1.82, 2.24) is 24.8 Å². The van der Waals surface area contributed by atoms with E-state index in [0.717, 1.165) is 23.4 Å². The number of thiazole rings is 1. The van der Waals surface area contributed by atoms with Crippen LogP contribution in [0.3, 0.4) is 0 Å². The van der Waals surface area contributed by atoms with E-state index in [1.54, 1.807) is 29.7 Å². The molecule has 0 bridgehead atoms. The van der Waals surface area contributed by atoms with Gasteiger partial charge in [0.15, 0.2) is 5.82 Å². The molecule has 6 rings (SSSR count). The minimum Gasteiger partial charge on any atom is -0.339 e. The number of likely N-dealkylation sites (tertiary alicyclic amines) is 1. The lowest BCUT2D eigenvalue weighted by molar-refractivity contribution is 0.0713. The monoisotopic (exact) mass is 473 g/mol. The van der Waals surface area contributed by atoms with E-state index in [1.807, 2.05) is 34.5 Å². The fraction of sp³-hybridized carbons (Fsp3) is 0.208. The maximum Gasteiger partial charge on any atom is 0.269 e. The Bertz CT molecular complexity index is 1510. The molecular weight excluding hydrogens is 454 g/mol. The number of hydrogen-bond acceptors (Lipinski definition) is 7. The number of pyridine rings is 1. The number of carbonyl (C=O) groups is 1. The van der Waals surface area contributed by atoms with Crippen LogP contribution in [0.15, 0.2) is 58.8 Å². The Hall–Kier alpha value is -3.43. The van der Waals surface area contributed by atoms with Gasteiger partial charge in [-0.05, 0) is 48.6 Å². The number of thiophene rings is 1. The highest BCUT2D eigenvalue weighted by atomic mass is 32.1. The number of piperidine rings is 1. The maximum absolute atomic E-state index is 13.2. The van der Waals surface area contributed by atoms with E-state index in [-0.39, 0.29) is 11.5 Å². The summed E-state index contributed by atoms with van der Waals surface area (Å²) in [5.41, 5.74) is 2.52. The SMILES string of the molecule is O=C(c1ccnc(-c2nc3ccsc3c(=O)[nH]2)c1)N1CCC(c2nc3ccccc3s2)CC1. The minimum absolute atomic E-state index is 0.0274.